The van der Waals surface area contributed by atoms with Crippen molar-refractivity contribution in [3.05, 3.63) is 22.2 Å². The third kappa shape index (κ3) is 3.81. The Balaban J connectivity index is 2.31. The number of β-amino-alcohol motifs (C(OH)–C–C–N with tert-alkyl or cyclic N) is 1. The molecule has 1 aromatic heterocycles. The quantitative estimate of drug-likeness (QED) is 0.638. The SMILES string of the molecule is CCCNc1ccc([N+](=O)[O-])c(N2CCCC(C)(O)C2)n1. The Morgan fingerprint density at radius 1 is 1.57 bits per heavy atom. The highest BCUT2D eigenvalue weighted by Gasteiger charge is 2.32. The van der Waals surface area contributed by atoms with Crippen LogP contribution in [0.3, 0.4) is 0 Å². The summed E-state index contributed by atoms with van der Waals surface area (Å²) in [5.41, 5.74) is -0.851. The highest BCUT2D eigenvalue weighted by atomic mass is 16.6. The van der Waals surface area contributed by atoms with E-state index in [4.69, 9.17) is 0 Å². The number of aromatic nitrogens is 1. The van der Waals surface area contributed by atoms with Crippen LogP contribution in [0.1, 0.15) is 33.1 Å². The number of nitrogens with zero attached hydrogens (tertiary/aromatic N) is 3. The van der Waals surface area contributed by atoms with Crippen LogP contribution < -0.4 is 10.2 Å². The van der Waals surface area contributed by atoms with Crippen molar-refractivity contribution in [2.45, 2.75) is 38.7 Å². The van der Waals surface area contributed by atoms with E-state index in [-0.39, 0.29) is 5.69 Å². The van der Waals surface area contributed by atoms with Gasteiger partial charge in [0.1, 0.15) is 5.82 Å². The van der Waals surface area contributed by atoms with Gasteiger partial charge >= 0.3 is 5.69 Å². The molecule has 116 valence electrons. The summed E-state index contributed by atoms with van der Waals surface area (Å²) in [5.74, 6) is 0.962. The van der Waals surface area contributed by atoms with Crippen molar-refractivity contribution in [2.75, 3.05) is 29.9 Å². The van der Waals surface area contributed by atoms with Gasteiger partial charge in [0.05, 0.1) is 10.5 Å². The van der Waals surface area contributed by atoms with Crippen LogP contribution >= 0.6 is 0 Å². The molecule has 21 heavy (non-hydrogen) atoms. The zero-order valence-electron chi connectivity index (χ0n) is 12.5. The maximum Gasteiger partial charge on any atom is 0.311 e. The topological polar surface area (TPSA) is 91.5 Å². The van der Waals surface area contributed by atoms with E-state index in [0.717, 1.165) is 19.4 Å². The van der Waals surface area contributed by atoms with E-state index >= 15 is 0 Å². The van der Waals surface area contributed by atoms with Crippen molar-refractivity contribution in [1.29, 1.82) is 0 Å². The lowest BCUT2D eigenvalue weighted by Gasteiger charge is -2.37. The Labute approximate surface area is 124 Å². The minimum Gasteiger partial charge on any atom is -0.388 e. The van der Waals surface area contributed by atoms with Gasteiger partial charge in [-0.3, -0.25) is 10.1 Å². The maximum atomic E-state index is 11.2. The second-order valence-electron chi connectivity index (χ2n) is 5.75. The minimum atomic E-state index is -0.833. The van der Waals surface area contributed by atoms with Gasteiger partial charge in [-0.15, -0.1) is 0 Å². The molecule has 1 fully saturated rings. The largest absolute Gasteiger partial charge is 0.388 e. The fourth-order valence-electron chi connectivity index (χ4n) is 2.57. The molecule has 1 atom stereocenters. The molecule has 1 aliphatic rings. The van der Waals surface area contributed by atoms with E-state index in [1.165, 1.54) is 6.07 Å². The van der Waals surface area contributed by atoms with Crippen molar-refractivity contribution in [3.63, 3.8) is 0 Å². The van der Waals surface area contributed by atoms with Crippen LogP contribution in [0.15, 0.2) is 12.1 Å². The first-order valence-corrected chi connectivity index (χ1v) is 7.29. The molecular weight excluding hydrogens is 272 g/mol. The smallest absolute Gasteiger partial charge is 0.311 e. The lowest BCUT2D eigenvalue weighted by molar-refractivity contribution is -0.384. The standard InChI is InChI=1S/C14H22N4O3/c1-3-8-15-12-6-5-11(18(20)21)13(16-12)17-9-4-7-14(2,19)10-17/h5-6,19H,3-4,7-10H2,1-2H3,(H,15,16). The van der Waals surface area contributed by atoms with Crippen molar-refractivity contribution >= 4 is 17.3 Å². The normalized spacial score (nSPS) is 22.1. The van der Waals surface area contributed by atoms with Crippen molar-refractivity contribution in [2.24, 2.45) is 0 Å². The Bertz CT molecular complexity index is 519. The molecule has 0 radical (unpaired) electrons. The Hall–Kier alpha value is -1.89. The fraction of sp³-hybridized carbons (Fsp3) is 0.643. The number of rotatable bonds is 5. The molecule has 7 heteroatoms. The van der Waals surface area contributed by atoms with Gasteiger partial charge < -0.3 is 15.3 Å². The van der Waals surface area contributed by atoms with Gasteiger partial charge in [0, 0.05) is 25.7 Å². The number of anilines is 2. The summed E-state index contributed by atoms with van der Waals surface area (Å²) in [5, 5.41) is 24.5. The molecule has 0 bridgehead atoms. The number of aliphatic hydroxyl groups is 1. The molecule has 2 heterocycles. The molecule has 0 saturated carbocycles. The van der Waals surface area contributed by atoms with E-state index in [1.54, 1.807) is 17.9 Å². The molecule has 7 nitrogen and oxygen atoms in total. The second-order valence-corrected chi connectivity index (χ2v) is 5.75. The first kappa shape index (κ1) is 15.5. The monoisotopic (exact) mass is 294 g/mol. The molecule has 1 unspecified atom stereocenters. The molecule has 2 N–H and O–H groups in total. The van der Waals surface area contributed by atoms with Gasteiger partial charge in [-0.25, -0.2) is 4.98 Å². The van der Waals surface area contributed by atoms with E-state index in [9.17, 15) is 15.2 Å². The zero-order valence-corrected chi connectivity index (χ0v) is 12.5. The number of piperidine rings is 1. The third-order valence-electron chi connectivity index (χ3n) is 3.58. The molecule has 0 aliphatic carbocycles. The van der Waals surface area contributed by atoms with Crippen LogP contribution in [-0.2, 0) is 0 Å². The van der Waals surface area contributed by atoms with Crippen molar-refractivity contribution in [3.8, 4) is 0 Å². The van der Waals surface area contributed by atoms with Gasteiger partial charge in [-0.1, -0.05) is 6.92 Å². The average molecular weight is 294 g/mol. The maximum absolute atomic E-state index is 11.2. The Morgan fingerprint density at radius 2 is 2.33 bits per heavy atom. The van der Waals surface area contributed by atoms with Crippen LogP contribution in [-0.4, -0.2) is 40.2 Å². The number of hydrogen-bond donors (Lipinski definition) is 2. The number of nitrogens with one attached hydrogen (secondary N) is 1. The van der Waals surface area contributed by atoms with Gasteiger partial charge in [0.2, 0.25) is 5.82 Å². The van der Waals surface area contributed by atoms with Gasteiger partial charge in [-0.05, 0) is 32.3 Å². The molecule has 1 saturated heterocycles. The van der Waals surface area contributed by atoms with E-state index in [1.807, 2.05) is 6.92 Å². The van der Waals surface area contributed by atoms with Gasteiger partial charge in [0.15, 0.2) is 0 Å². The zero-order chi connectivity index (χ0) is 15.5. The predicted octanol–water partition coefficient (Wildman–Crippen LogP) is 2.16. The Kier molecular flexibility index (Phi) is 4.62. The average Bonchev–Trinajstić information content (AvgIpc) is 2.43. The van der Waals surface area contributed by atoms with Crippen LogP contribution in [0.25, 0.3) is 0 Å². The molecular formula is C14H22N4O3. The number of hydrogen-bond acceptors (Lipinski definition) is 6. The van der Waals surface area contributed by atoms with Gasteiger partial charge in [0.25, 0.3) is 0 Å². The van der Waals surface area contributed by atoms with E-state index < -0.39 is 10.5 Å². The van der Waals surface area contributed by atoms with E-state index in [0.29, 0.717) is 31.1 Å². The van der Waals surface area contributed by atoms with E-state index in [2.05, 4.69) is 10.3 Å². The third-order valence-corrected chi connectivity index (χ3v) is 3.58. The highest BCUT2D eigenvalue weighted by molar-refractivity contribution is 5.62. The molecule has 2 rings (SSSR count). The summed E-state index contributed by atoms with van der Waals surface area (Å²) in [4.78, 5) is 17.0. The lowest BCUT2D eigenvalue weighted by atomic mass is 9.95. The predicted molar refractivity (Wildman–Crippen MR) is 81.7 cm³/mol. The minimum absolute atomic E-state index is 0.0188. The molecule has 0 amide bonds. The Morgan fingerprint density at radius 3 is 2.95 bits per heavy atom. The first-order valence-electron chi connectivity index (χ1n) is 7.29. The second kappa shape index (κ2) is 6.26. The summed E-state index contributed by atoms with van der Waals surface area (Å²) in [6.07, 6.45) is 2.44. The van der Waals surface area contributed by atoms with Crippen LogP contribution in [0.2, 0.25) is 0 Å². The summed E-state index contributed by atoms with van der Waals surface area (Å²) in [6.45, 7) is 5.59. The lowest BCUT2D eigenvalue weighted by Crippen LogP contribution is -2.46. The molecule has 1 aromatic rings. The number of pyridine rings is 1. The number of nitro groups is 1. The van der Waals surface area contributed by atoms with Crippen LogP contribution in [0.5, 0.6) is 0 Å². The fourth-order valence-corrected chi connectivity index (χ4v) is 2.57. The molecule has 0 aromatic carbocycles. The van der Waals surface area contributed by atoms with Crippen molar-refractivity contribution in [1.82, 2.24) is 4.98 Å². The van der Waals surface area contributed by atoms with Crippen molar-refractivity contribution < 1.29 is 10.0 Å². The van der Waals surface area contributed by atoms with Crippen LogP contribution in [0, 0.1) is 10.1 Å². The van der Waals surface area contributed by atoms with Crippen LogP contribution in [0.4, 0.5) is 17.3 Å². The molecule has 0 spiro atoms. The first-order chi connectivity index (χ1) is 9.93. The molecule has 1 aliphatic heterocycles. The summed E-state index contributed by atoms with van der Waals surface area (Å²) in [7, 11) is 0. The summed E-state index contributed by atoms with van der Waals surface area (Å²) >= 11 is 0. The summed E-state index contributed by atoms with van der Waals surface area (Å²) in [6, 6.07) is 3.10. The van der Waals surface area contributed by atoms with Gasteiger partial charge in [-0.2, -0.15) is 0 Å². The highest BCUT2D eigenvalue weighted by Crippen LogP contribution is 2.32. The summed E-state index contributed by atoms with van der Waals surface area (Å²) < 4.78 is 0.